The van der Waals surface area contributed by atoms with Gasteiger partial charge in [0, 0.05) is 6.32 Å². The van der Waals surface area contributed by atoms with Crippen LogP contribution in [0.4, 0.5) is 13.2 Å². The predicted octanol–water partition coefficient (Wildman–Crippen LogP) is 4.40. The smallest absolute Gasteiger partial charge is 0.406 e. The summed E-state index contributed by atoms with van der Waals surface area (Å²) in [5.41, 5.74) is -0.274. The standard InChI is InChI=1S/C16H22BF3O3/c1-11(2)15(5)14(3,4)22-17(23-15)10-12-7-6-8-13(9-12)21-16(18,19)20/h6-9,11H,10H2,1-5H3. The maximum Gasteiger partial charge on any atom is 0.573 e. The van der Waals surface area contributed by atoms with Crippen LogP contribution >= 0.6 is 0 Å². The summed E-state index contributed by atoms with van der Waals surface area (Å²) in [7, 11) is -0.501. The molecule has 0 spiro atoms. The van der Waals surface area contributed by atoms with E-state index < -0.39 is 24.7 Å². The summed E-state index contributed by atoms with van der Waals surface area (Å²) in [5.74, 6) is 0.00118. The summed E-state index contributed by atoms with van der Waals surface area (Å²) in [6, 6.07) is 5.89. The van der Waals surface area contributed by atoms with Crippen LogP contribution in [-0.4, -0.2) is 24.7 Å². The van der Waals surface area contributed by atoms with Gasteiger partial charge in [-0.3, -0.25) is 0 Å². The maximum absolute atomic E-state index is 12.3. The average Bonchev–Trinajstić information content (AvgIpc) is 2.58. The number of rotatable bonds is 4. The van der Waals surface area contributed by atoms with Gasteiger partial charge in [0.15, 0.2) is 0 Å². The Labute approximate surface area is 135 Å². The second kappa shape index (κ2) is 6.02. The van der Waals surface area contributed by atoms with Crippen LogP contribution in [0, 0.1) is 5.92 Å². The summed E-state index contributed by atoms with van der Waals surface area (Å²) in [5, 5.41) is 0. The van der Waals surface area contributed by atoms with E-state index in [0.717, 1.165) is 0 Å². The molecule has 0 N–H and O–H groups in total. The molecule has 0 bridgehead atoms. The minimum atomic E-state index is -4.70. The van der Waals surface area contributed by atoms with Gasteiger partial charge in [-0.25, -0.2) is 0 Å². The predicted molar refractivity (Wildman–Crippen MR) is 82.1 cm³/mol. The van der Waals surface area contributed by atoms with E-state index in [2.05, 4.69) is 18.6 Å². The second-order valence-corrected chi connectivity index (χ2v) is 6.84. The first kappa shape index (κ1) is 18.1. The quantitative estimate of drug-likeness (QED) is 0.766. The Morgan fingerprint density at radius 3 is 2.35 bits per heavy atom. The Bertz CT molecular complexity index is 560. The molecule has 1 aromatic carbocycles. The maximum atomic E-state index is 12.3. The first-order valence-corrected chi connectivity index (χ1v) is 7.63. The molecule has 1 fully saturated rings. The molecule has 1 heterocycles. The topological polar surface area (TPSA) is 27.7 Å². The zero-order chi connectivity index (χ0) is 17.5. The average molecular weight is 330 g/mol. The fourth-order valence-corrected chi connectivity index (χ4v) is 2.86. The van der Waals surface area contributed by atoms with Gasteiger partial charge in [-0.15, -0.1) is 13.2 Å². The van der Waals surface area contributed by atoms with Gasteiger partial charge in [0.1, 0.15) is 5.75 Å². The van der Waals surface area contributed by atoms with Crippen molar-refractivity contribution in [2.24, 2.45) is 5.92 Å². The van der Waals surface area contributed by atoms with Crippen molar-refractivity contribution in [3.8, 4) is 5.75 Å². The molecule has 1 saturated heterocycles. The Hall–Kier alpha value is -1.21. The third-order valence-corrected chi connectivity index (χ3v) is 4.63. The first-order chi connectivity index (χ1) is 10.4. The normalized spacial score (nSPS) is 24.3. The molecule has 7 heteroatoms. The van der Waals surface area contributed by atoms with Crippen molar-refractivity contribution in [1.82, 2.24) is 0 Å². The zero-order valence-electron chi connectivity index (χ0n) is 14.0. The first-order valence-electron chi connectivity index (χ1n) is 7.63. The van der Waals surface area contributed by atoms with Gasteiger partial charge in [-0.05, 0) is 44.4 Å². The third-order valence-electron chi connectivity index (χ3n) is 4.63. The molecular weight excluding hydrogens is 308 g/mol. The van der Waals surface area contributed by atoms with Crippen molar-refractivity contribution in [2.75, 3.05) is 0 Å². The van der Waals surface area contributed by atoms with Crippen LogP contribution in [0.25, 0.3) is 0 Å². The SMILES string of the molecule is CC(C)C1(C)OB(Cc2cccc(OC(F)(F)F)c2)OC1(C)C. The van der Waals surface area contributed by atoms with Gasteiger partial charge >= 0.3 is 13.5 Å². The van der Waals surface area contributed by atoms with E-state index in [4.69, 9.17) is 9.31 Å². The molecule has 1 unspecified atom stereocenters. The van der Waals surface area contributed by atoms with Crippen LogP contribution in [0.5, 0.6) is 5.75 Å². The summed E-state index contributed by atoms with van der Waals surface area (Å²) < 4.78 is 52.9. The molecule has 1 aromatic rings. The molecule has 1 aliphatic rings. The number of alkyl halides is 3. The van der Waals surface area contributed by atoms with Crippen molar-refractivity contribution in [3.05, 3.63) is 29.8 Å². The van der Waals surface area contributed by atoms with Crippen LogP contribution in [0.3, 0.4) is 0 Å². The Morgan fingerprint density at radius 1 is 1.17 bits per heavy atom. The number of ether oxygens (including phenoxy) is 1. The van der Waals surface area contributed by atoms with Crippen LogP contribution in [0.1, 0.15) is 40.2 Å². The summed E-state index contributed by atoms with van der Waals surface area (Å²) in [6.45, 7) is 10.1. The fraction of sp³-hybridized carbons (Fsp3) is 0.625. The summed E-state index contributed by atoms with van der Waals surface area (Å²) in [6.07, 6.45) is -4.34. The summed E-state index contributed by atoms with van der Waals surface area (Å²) in [4.78, 5) is 0. The fourth-order valence-electron chi connectivity index (χ4n) is 2.86. The molecule has 0 amide bonds. The number of hydrogen-bond donors (Lipinski definition) is 0. The van der Waals surface area contributed by atoms with Crippen LogP contribution in [0.2, 0.25) is 0 Å². The Kier molecular flexibility index (Phi) is 4.75. The third kappa shape index (κ3) is 4.01. The van der Waals surface area contributed by atoms with Crippen molar-refractivity contribution in [2.45, 2.75) is 58.5 Å². The lowest BCUT2D eigenvalue weighted by Crippen LogP contribution is -2.48. The monoisotopic (exact) mass is 330 g/mol. The number of hydrogen-bond acceptors (Lipinski definition) is 3. The van der Waals surface area contributed by atoms with Gasteiger partial charge in [-0.2, -0.15) is 0 Å². The highest BCUT2D eigenvalue weighted by Crippen LogP contribution is 2.42. The molecule has 0 aliphatic carbocycles. The molecule has 128 valence electrons. The molecule has 0 saturated carbocycles. The summed E-state index contributed by atoms with van der Waals surface area (Å²) >= 11 is 0. The number of benzene rings is 1. The van der Waals surface area contributed by atoms with E-state index in [-0.39, 0.29) is 11.7 Å². The van der Waals surface area contributed by atoms with Crippen LogP contribution in [0.15, 0.2) is 24.3 Å². The second-order valence-electron chi connectivity index (χ2n) is 6.84. The minimum absolute atomic E-state index is 0.237. The largest absolute Gasteiger partial charge is 0.573 e. The van der Waals surface area contributed by atoms with Crippen molar-refractivity contribution in [1.29, 1.82) is 0 Å². The van der Waals surface area contributed by atoms with E-state index in [1.54, 1.807) is 6.07 Å². The van der Waals surface area contributed by atoms with E-state index >= 15 is 0 Å². The van der Waals surface area contributed by atoms with E-state index in [1.807, 2.05) is 20.8 Å². The lowest BCUT2D eigenvalue weighted by molar-refractivity contribution is -0.274. The van der Waals surface area contributed by atoms with Crippen molar-refractivity contribution < 1.29 is 27.2 Å². The Balaban J connectivity index is 2.11. The van der Waals surface area contributed by atoms with Crippen LogP contribution in [-0.2, 0) is 15.6 Å². The molecule has 0 radical (unpaired) electrons. The molecule has 1 aliphatic heterocycles. The zero-order valence-corrected chi connectivity index (χ0v) is 14.0. The molecule has 2 rings (SSSR count). The van der Waals surface area contributed by atoms with Crippen molar-refractivity contribution in [3.63, 3.8) is 0 Å². The van der Waals surface area contributed by atoms with Crippen LogP contribution < -0.4 is 4.74 Å². The highest BCUT2D eigenvalue weighted by atomic mass is 19.4. The molecular formula is C16H22BF3O3. The Morgan fingerprint density at radius 2 is 1.83 bits per heavy atom. The lowest BCUT2D eigenvalue weighted by atomic mass is 9.78. The minimum Gasteiger partial charge on any atom is -0.406 e. The van der Waals surface area contributed by atoms with Gasteiger partial charge in [0.25, 0.3) is 0 Å². The van der Waals surface area contributed by atoms with Crippen molar-refractivity contribution >= 4 is 7.12 Å². The molecule has 1 atom stereocenters. The number of halogens is 3. The van der Waals surface area contributed by atoms with E-state index in [9.17, 15) is 13.2 Å². The highest BCUT2D eigenvalue weighted by Gasteiger charge is 2.55. The van der Waals surface area contributed by atoms with Gasteiger partial charge in [0.2, 0.25) is 0 Å². The molecule has 0 aromatic heterocycles. The lowest BCUT2D eigenvalue weighted by Gasteiger charge is -2.39. The highest BCUT2D eigenvalue weighted by molar-refractivity contribution is 6.45. The van der Waals surface area contributed by atoms with Gasteiger partial charge in [-0.1, -0.05) is 26.0 Å². The van der Waals surface area contributed by atoms with E-state index in [0.29, 0.717) is 11.9 Å². The molecule has 23 heavy (non-hydrogen) atoms. The van der Waals surface area contributed by atoms with Gasteiger partial charge in [0.05, 0.1) is 11.2 Å². The van der Waals surface area contributed by atoms with Gasteiger partial charge < -0.3 is 14.0 Å². The van der Waals surface area contributed by atoms with E-state index in [1.165, 1.54) is 18.2 Å². The molecule has 3 nitrogen and oxygen atoms in total.